The molecule has 0 spiro atoms. The van der Waals surface area contributed by atoms with Gasteiger partial charge in [-0.25, -0.2) is 14.2 Å². The van der Waals surface area contributed by atoms with E-state index in [0.717, 1.165) is 28.1 Å². The zero-order valence-corrected chi connectivity index (χ0v) is 19.5. The summed E-state index contributed by atoms with van der Waals surface area (Å²) in [6.45, 7) is 3.93. The van der Waals surface area contributed by atoms with E-state index in [2.05, 4.69) is 25.6 Å². The zero-order valence-electron chi connectivity index (χ0n) is 18.6. The number of nitrogens with zero attached hydrogens (tertiary/aromatic N) is 3. The molecule has 2 aromatic heterocycles. The minimum Gasteiger partial charge on any atom is -0.324 e. The van der Waals surface area contributed by atoms with Crippen molar-refractivity contribution in [2.45, 2.75) is 19.6 Å². The molecule has 34 heavy (non-hydrogen) atoms. The second kappa shape index (κ2) is 10.3. The molecule has 172 valence electrons. The number of carbonyl (C=O) groups excluding carboxylic acids is 1. The quantitative estimate of drug-likeness (QED) is 0.328. The Bertz CT molecular complexity index is 1360. The minimum atomic E-state index is -1.92. The lowest BCUT2D eigenvalue weighted by Crippen LogP contribution is -2.12. The number of aromatic nitrogens is 3. The van der Waals surface area contributed by atoms with E-state index in [0.29, 0.717) is 22.8 Å². The highest BCUT2D eigenvalue weighted by atomic mass is 32.2. The maximum Gasteiger partial charge on any atom is 0.255 e. The Kier molecular flexibility index (Phi) is 7.05. The van der Waals surface area contributed by atoms with Gasteiger partial charge in [0.15, 0.2) is 11.1 Å². The van der Waals surface area contributed by atoms with Gasteiger partial charge >= 0.3 is 0 Å². The van der Waals surface area contributed by atoms with E-state index in [1.165, 1.54) is 0 Å². The maximum absolute atomic E-state index is 12.7. The highest BCUT2D eigenvalue weighted by Gasteiger charge is 2.10. The topological polar surface area (TPSA) is 117 Å². The number of anilines is 3. The molecular formula is C25H23N5O3S. The molecule has 4 rings (SSSR count). The van der Waals surface area contributed by atoms with E-state index in [9.17, 15) is 9.00 Å². The van der Waals surface area contributed by atoms with Gasteiger partial charge in [0, 0.05) is 41.1 Å². The lowest BCUT2D eigenvalue weighted by atomic mass is 10.1. The first-order valence-electron chi connectivity index (χ1n) is 10.5. The average molecular weight is 474 g/mol. The molecule has 0 aliphatic rings. The molecule has 4 aromatic rings. The molecule has 2 aromatic carbocycles. The van der Waals surface area contributed by atoms with Crippen LogP contribution >= 0.6 is 0 Å². The molecule has 1 atom stereocenters. The number of amides is 1. The van der Waals surface area contributed by atoms with Gasteiger partial charge in [-0.15, -0.1) is 0 Å². The van der Waals surface area contributed by atoms with Crippen LogP contribution in [0.4, 0.5) is 17.3 Å². The molecule has 2 heterocycles. The summed E-state index contributed by atoms with van der Waals surface area (Å²) in [4.78, 5) is 25.8. The Morgan fingerprint density at radius 1 is 1.03 bits per heavy atom. The maximum atomic E-state index is 12.7. The summed E-state index contributed by atoms with van der Waals surface area (Å²) in [7, 11) is 0. The van der Waals surface area contributed by atoms with Crippen molar-refractivity contribution in [3.8, 4) is 11.3 Å². The van der Waals surface area contributed by atoms with Crippen molar-refractivity contribution < 1.29 is 13.6 Å². The van der Waals surface area contributed by atoms with Gasteiger partial charge in [-0.3, -0.25) is 9.78 Å². The first-order valence-corrected chi connectivity index (χ1v) is 11.8. The van der Waals surface area contributed by atoms with Crippen LogP contribution in [0.1, 0.15) is 27.0 Å². The van der Waals surface area contributed by atoms with Crippen molar-refractivity contribution in [3.05, 3.63) is 95.4 Å². The number of benzene rings is 2. The number of hydrogen-bond acceptors (Lipinski definition) is 6. The van der Waals surface area contributed by atoms with Crippen molar-refractivity contribution >= 4 is 34.3 Å². The van der Waals surface area contributed by atoms with Crippen molar-refractivity contribution in [3.63, 3.8) is 0 Å². The van der Waals surface area contributed by atoms with Crippen LogP contribution in [-0.2, 0) is 16.8 Å². The fourth-order valence-corrected chi connectivity index (χ4v) is 3.81. The second-order valence-corrected chi connectivity index (χ2v) is 8.72. The van der Waals surface area contributed by atoms with Crippen LogP contribution in [0.5, 0.6) is 0 Å². The van der Waals surface area contributed by atoms with E-state index >= 15 is 0 Å². The molecule has 0 aliphatic carbocycles. The second-order valence-electron chi connectivity index (χ2n) is 7.79. The van der Waals surface area contributed by atoms with E-state index in [1.54, 1.807) is 42.9 Å². The molecule has 1 unspecified atom stereocenters. The summed E-state index contributed by atoms with van der Waals surface area (Å²) in [6.07, 6.45) is 5.24. The van der Waals surface area contributed by atoms with Crippen molar-refractivity contribution in [1.29, 1.82) is 0 Å². The van der Waals surface area contributed by atoms with E-state index in [4.69, 9.17) is 4.55 Å². The molecule has 0 bridgehead atoms. The Hall–Kier alpha value is -3.95. The van der Waals surface area contributed by atoms with E-state index in [-0.39, 0.29) is 11.7 Å². The van der Waals surface area contributed by atoms with Crippen LogP contribution in [0, 0.1) is 13.8 Å². The third kappa shape index (κ3) is 5.89. The third-order valence-electron chi connectivity index (χ3n) is 5.07. The Morgan fingerprint density at radius 2 is 1.82 bits per heavy atom. The fourth-order valence-electron chi connectivity index (χ4n) is 3.33. The number of pyridine rings is 1. The van der Waals surface area contributed by atoms with Gasteiger partial charge in [-0.05, 0) is 66.9 Å². The summed E-state index contributed by atoms with van der Waals surface area (Å²) >= 11 is -1.92. The largest absolute Gasteiger partial charge is 0.324 e. The van der Waals surface area contributed by atoms with Crippen molar-refractivity contribution in [2.24, 2.45) is 0 Å². The minimum absolute atomic E-state index is 0.0263. The molecule has 0 aliphatic heterocycles. The van der Waals surface area contributed by atoms with Crippen LogP contribution in [0.2, 0.25) is 0 Å². The summed E-state index contributed by atoms with van der Waals surface area (Å²) in [6, 6.07) is 16.0. The van der Waals surface area contributed by atoms with Crippen molar-refractivity contribution in [2.75, 3.05) is 10.6 Å². The van der Waals surface area contributed by atoms with Crippen molar-refractivity contribution in [1.82, 2.24) is 15.0 Å². The molecule has 8 nitrogen and oxygen atoms in total. The van der Waals surface area contributed by atoms with E-state index in [1.807, 2.05) is 44.2 Å². The zero-order chi connectivity index (χ0) is 24.1. The summed E-state index contributed by atoms with van der Waals surface area (Å²) < 4.78 is 19.9. The highest BCUT2D eigenvalue weighted by Crippen LogP contribution is 2.25. The van der Waals surface area contributed by atoms with Crippen LogP contribution in [0.3, 0.4) is 0 Å². The Morgan fingerprint density at radius 3 is 2.56 bits per heavy atom. The lowest BCUT2D eigenvalue weighted by Gasteiger charge is -2.12. The monoisotopic (exact) mass is 473 g/mol. The number of carbonyl (C=O) groups is 1. The van der Waals surface area contributed by atoms with Gasteiger partial charge in [-0.1, -0.05) is 18.2 Å². The summed E-state index contributed by atoms with van der Waals surface area (Å²) in [5.41, 5.74) is 6.17. The lowest BCUT2D eigenvalue weighted by molar-refractivity contribution is 0.102. The molecule has 0 saturated heterocycles. The van der Waals surface area contributed by atoms with Gasteiger partial charge in [0.05, 0.1) is 11.4 Å². The smallest absolute Gasteiger partial charge is 0.255 e. The molecule has 0 fully saturated rings. The average Bonchev–Trinajstić information content (AvgIpc) is 2.81. The van der Waals surface area contributed by atoms with Gasteiger partial charge in [0.25, 0.3) is 5.91 Å². The Labute approximate surface area is 199 Å². The number of aryl methyl sites for hydroxylation is 2. The van der Waals surface area contributed by atoms with E-state index < -0.39 is 11.1 Å². The van der Waals surface area contributed by atoms with Gasteiger partial charge in [0.2, 0.25) is 5.95 Å². The van der Waals surface area contributed by atoms with Gasteiger partial charge in [0.1, 0.15) is 0 Å². The number of rotatable bonds is 7. The summed E-state index contributed by atoms with van der Waals surface area (Å²) in [5.74, 6) is 0.178. The van der Waals surface area contributed by atoms with Crippen LogP contribution in [-0.4, -0.2) is 29.6 Å². The van der Waals surface area contributed by atoms with Gasteiger partial charge in [-0.2, -0.15) is 0 Å². The SMILES string of the molecule is Cc1cncc(-c2ccnc(Nc3cc(NC(=O)c4ccc(CS(=O)O)cc4)ccc3C)n2)c1. The summed E-state index contributed by atoms with van der Waals surface area (Å²) in [5, 5.41) is 6.11. The normalized spacial score (nSPS) is 11.6. The number of nitrogens with one attached hydrogen (secondary N) is 2. The molecule has 9 heteroatoms. The molecule has 0 saturated carbocycles. The first kappa shape index (κ1) is 23.2. The molecule has 1 amide bonds. The fraction of sp³-hybridized carbons (Fsp3) is 0.120. The third-order valence-corrected chi connectivity index (χ3v) is 5.65. The number of hydrogen-bond donors (Lipinski definition) is 3. The highest BCUT2D eigenvalue weighted by molar-refractivity contribution is 7.78. The van der Waals surface area contributed by atoms with Crippen LogP contribution in [0.15, 0.2) is 73.2 Å². The first-order chi connectivity index (χ1) is 16.4. The predicted molar refractivity (Wildman–Crippen MR) is 133 cm³/mol. The molecule has 0 radical (unpaired) electrons. The predicted octanol–water partition coefficient (Wildman–Crippen LogP) is 4.87. The van der Waals surface area contributed by atoms with Gasteiger partial charge < -0.3 is 15.2 Å². The standard InChI is InChI=1S/C25H23N5O3S/c1-16-11-20(14-26-13-16)22-9-10-27-25(29-22)30-23-12-21(8-3-17(23)2)28-24(31)19-6-4-18(5-7-19)15-34(32)33/h3-14H,15H2,1-2H3,(H,28,31)(H,32,33)(H,27,29,30). The van der Waals surface area contributed by atoms with Crippen LogP contribution in [0.25, 0.3) is 11.3 Å². The molecule has 3 N–H and O–H groups in total. The molecular weight excluding hydrogens is 450 g/mol. The Balaban J connectivity index is 1.50. The van der Waals surface area contributed by atoms with Crippen LogP contribution < -0.4 is 10.6 Å².